The number of hydrogen-bond donors (Lipinski definition) is 2. The minimum atomic E-state index is -0.298. The van der Waals surface area contributed by atoms with Crippen LogP contribution in [-0.4, -0.2) is 53.4 Å². The summed E-state index contributed by atoms with van der Waals surface area (Å²) in [6.07, 6.45) is 2.32. The SMILES string of the molecule is CCNC(=NCC(C)(C)OC)NCCc1noc(-c2ccccn2)n1. The highest BCUT2D eigenvalue weighted by atomic mass is 16.5. The highest BCUT2D eigenvalue weighted by Crippen LogP contribution is 2.13. The van der Waals surface area contributed by atoms with Gasteiger partial charge in [-0.2, -0.15) is 4.98 Å². The third-order valence-corrected chi connectivity index (χ3v) is 3.51. The summed E-state index contributed by atoms with van der Waals surface area (Å²) in [5.41, 5.74) is 0.374. The lowest BCUT2D eigenvalue weighted by molar-refractivity contribution is 0.0310. The summed E-state index contributed by atoms with van der Waals surface area (Å²) in [6.45, 7) is 8.00. The molecule has 2 rings (SSSR count). The first-order chi connectivity index (χ1) is 12.0. The van der Waals surface area contributed by atoms with Gasteiger partial charge in [0.05, 0.1) is 12.1 Å². The second-order valence-corrected chi connectivity index (χ2v) is 6.07. The van der Waals surface area contributed by atoms with Gasteiger partial charge in [-0.3, -0.25) is 9.98 Å². The molecule has 0 aliphatic carbocycles. The van der Waals surface area contributed by atoms with Gasteiger partial charge in [0, 0.05) is 32.8 Å². The summed E-state index contributed by atoms with van der Waals surface area (Å²) in [4.78, 5) is 13.1. The number of methoxy groups -OCH3 is 1. The second kappa shape index (κ2) is 9.12. The van der Waals surface area contributed by atoms with E-state index in [4.69, 9.17) is 9.26 Å². The zero-order valence-corrected chi connectivity index (χ0v) is 15.2. The Labute approximate surface area is 148 Å². The summed E-state index contributed by atoms with van der Waals surface area (Å²) in [6, 6.07) is 5.56. The van der Waals surface area contributed by atoms with Gasteiger partial charge in [0.15, 0.2) is 11.8 Å². The molecule has 8 nitrogen and oxygen atoms in total. The number of aliphatic imine (C=N–C) groups is 1. The molecule has 0 radical (unpaired) electrons. The average Bonchev–Trinajstić information content (AvgIpc) is 3.09. The van der Waals surface area contributed by atoms with Crippen LogP contribution >= 0.6 is 0 Å². The first kappa shape index (κ1) is 18.9. The molecule has 8 heteroatoms. The van der Waals surface area contributed by atoms with Gasteiger partial charge in [-0.15, -0.1) is 0 Å². The molecular formula is C17H26N6O2. The number of guanidine groups is 1. The van der Waals surface area contributed by atoms with Gasteiger partial charge < -0.3 is 19.9 Å². The molecule has 25 heavy (non-hydrogen) atoms. The molecule has 2 N–H and O–H groups in total. The molecule has 0 unspecified atom stereocenters. The monoisotopic (exact) mass is 346 g/mol. The lowest BCUT2D eigenvalue weighted by atomic mass is 10.1. The summed E-state index contributed by atoms with van der Waals surface area (Å²) < 4.78 is 10.6. The van der Waals surface area contributed by atoms with Gasteiger partial charge in [0.25, 0.3) is 5.89 Å². The van der Waals surface area contributed by atoms with Crippen molar-refractivity contribution >= 4 is 5.96 Å². The van der Waals surface area contributed by atoms with E-state index in [9.17, 15) is 0 Å². The van der Waals surface area contributed by atoms with Gasteiger partial charge in [0.1, 0.15) is 5.69 Å². The van der Waals surface area contributed by atoms with Crippen LogP contribution in [-0.2, 0) is 11.2 Å². The van der Waals surface area contributed by atoms with E-state index in [1.54, 1.807) is 13.3 Å². The van der Waals surface area contributed by atoms with E-state index in [1.165, 1.54) is 0 Å². The Bertz CT molecular complexity index is 669. The fourth-order valence-electron chi connectivity index (χ4n) is 1.92. The molecule has 0 aliphatic heterocycles. The van der Waals surface area contributed by atoms with E-state index < -0.39 is 0 Å². The Kier molecular flexibility index (Phi) is 6.88. The van der Waals surface area contributed by atoms with Crippen molar-refractivity contribution in [1.29, 1.82) is 0 Å². The van der Waals surface area contributed by atoms with Crippen molar-refractivity contribution in [3.05, 3.63) is 30.2 Å². The van der Waals surface area contributed by atoms with Crippen LogP contribution in [0, 0.1) is 0 Å². The van der Waals surface area contributed by atoms with Crippen LogP contribution in [0.15, 0.2) is 33.9 Å². The molecule has 0 aliphatic rings. The number of pyridine rings is 1. The maximum Gasteiger partial charge on any atom is 0.276 e. The van der Waals surface area contributed by atoms with Gasteiger partial charge >= 0.3 is 0 Å². The van der Waals surface area contributed by atoms with Crippen LogP contribution in [0.5, 0.6) is 0 Å². The zero-order chi connectivity index (χ0) is 18.1. The lowest BCUT2D eigenvalue weighted by Gasteiger charge is -2.21. The first-order valence-electron chi connectivity index (χ1n) is 8.35. The van der Waals surface area contributed by atoms with Crippen molar-refractivity contribution in [3.63, 3.8) is 0 Å². The molecule has 2 heterocycles. The molecule has 0 aromatic carbocycles. The Morgan fingerprint density at radius 2 is 2.16 bits per heavy atom. The number of ether oxygens (including phenoxy) is 1. The van der Waals surface area contributed by atoms with Crippen LogP contribution in [0.4, 0.5) is 0 Å². The number of hydrogen-bond acceptors (Lipinski definition) is 6. The van der Waals surface area contributed by atoms with Crippen molar-refractivity contribution in [2.24, 2.45) is 4.99 Å². The normalized spacial score (nSPS) is 12.2. The number of rotatable bonds is 8. The van der Waals surface area contributed by atoms with E-state index in [0.717, 1.165) is 12.5 Å². The van der Waals surface area contributed by atoms with E-state index in [2.05, 4.69) is 30.8 Å². The standard InChI is InChI=1S/C17H26N6O2/c1-5-18-16(21-12-17(2,3)24-4)20-11-9-14-22-15(25-23-14)13-8-6-7-10-19-13/h6-8,10H,5,9,11-12H2,1-4H3,(H2,18,20,21). The summed E-state index contributed by atoms with van der Waals surface area (Å²) in [5, 5.41) is 10.5. The maximum absolute atomic E-state index is 5.38. The Morgan fingerprint density at radius 1 is 1.32 bits per heavy atom. The molecule has 0 atom stereocenters. The van der Waals surface area contributed by atoms with Crippen molar-refractivity contribution in [1.82, 2.24) is 25.8 Å². The van der Waals surface area contributed by atoms with Crippen molar-refractivity contribution in [2.75, 3.05) is 26.7 Å². The smallest absolute Gasteiger partial charge is 0.276 e. The van der Waals surface area contributed by atoms with E-state index in [1.807, 2.05) is 39.0 Å². The van der Waals surface area contributed by atoms with E-state index >= 15 is 0 Å². The van der Waals surface area contributed by atoms with Crippen molar-refractivity contribution < 1.29 is 9.26 Å². The molecule has 0 fully saturated rings. The number of aromatic nitrogens is 3. The minimum Gasteiger partial charge on any atom is -0.377 e. The minimum absolute atomic E-state index is 0.298. The van der Waals surface area contributed by atoms with Gasteiger partial charge in [0.2, 0.25) is 0 Å². The molecule has 0 spiro atoms. The van der Waals surface area contributed by atoms with Crippen molar-refractivity contribution in [2.45, 2.75) is 32.8 Å². The van der Waals surface area contributed by atoms with Crippen LogP contribution in [0.1, 0.15) is 26.6 Å². The summed E-state index contributed by atoms with van der Waals surface area (Å²) >= 11 is 0. The van der Waals surface area contributed by atoms with Crippen LogP contribution in [0.3, 0.4) is 0 Å². The molecule has 0 amide bonds. The third kappa shape index (κ3) is 6.15. The number of nitrogens with zero attached hydrogens (tertiary/aromatic N) is 4. The average molecular weight is 346 g/mol. The Balaban J connectivity index is 1.87. The van der Waals surface area contributed by atoms with E-state index in [0.29, 0.717) is 36.9 Å². The Hall–Kier alpha value is -2.48. The predicted octanol–water partition coefficient (Wildman–Crippen LogP) is 1.65. The van der Waals surface area contributed by atoms with Crippen LogP contribution < -0.4 is 10.6 Å². The topological polar surface area (TPSA) is 97.5 Å². The predicted molar refractivity (Wildman–Crippen MR) is 96.3 cm³/mol. The second-order valence-electron chi connectivity index (χ2n) is 6.07. The van der Waals surface area contributed by atoms with Gasteiger partial charge in [-0.25, -0.2) is 0 Å². The largest absolute Gasteiger partial charge is 0.377 e. The van der Waals surface area contributed by atoms with E-state index in [-0.39, 0.29) is 5.60 Å². The highest BCUT2D eigenvalue weighted by molar-refractivity contribution is 5.79. The zero-order valence-electron chi connectivity index (χ0n) is 15.2. The molecule has 2 aromatic heterocycles. The molecule has 2 aromatic rings. The summed E-state index contributed by atoms with van der Waals surface area (Å²) in [7, 11) is 1.69. The third-order valence-electron chi connectivity index (χ3n) is 3.51. The molecule has 136 valence electrons. The number of nitrogens with one attached hydrogen (secondary N) is 2. The molecule has 0 bridgehead atoms. The van der Waals surface area contributed by atoms with Gasteiger partial charge in [-0.05, 0) is 32.9 Å². The summed E-state index contributed by atoms with van der Waals surface area (Å²) in [5.74, 6) is 1.79. The lowest BCUT2D eigenvalue weighted by Crippen LogP contribution is -2.40. The quantitative estimate of drug-likeness (QED) is 0.554. The first-order valence-corrected chi connectivity index (χ1v) is 8.35. The Morgan fingerprint density at radius 3 is 2.84 bits per heavy atom. The van der Waals surface area contributed by atoms with Crippen LogP contribution in [0.2, 0.25) is 0 Å². The van der Waals surface area contributed by atoms with Crippen LogP contribution in [0.25, 0.3) is 11.6 Å². The molecular weight excluding hydrogens is 320 g/mol. The molecule has 0 saturated heterocycles. The maximum atomic E-state index is 5.38. The van der Waals surface area contributed by atoms with Crippen molar-refractivity contribution in [3.8, 4) is 11.6 Å². The fourth-order valence-corrected chi connectivity index (χ4v) is 1.92. The van der Waals surface area contributed by atoms with Gasteiger partial charge in [-0.1, -0.05) is 11.2 Å². The highest BCUT2D eigenvalue weighted by Gasteiger charge is 2.15. The molecule has 0 saturated carbocycles. The fraction of sp³-hybridized carbons (Fsp3) is 0.529.